The Morgan fingerprint density at radius 3 is 2.49 bits per heavy atom. The number of aryl methyl sites for hydroxylation is 1. The first kappa shape index (κ1) is 26.8. The molecule has 196 valence electrons. The van der Waals surface area contributed by atoms with Crippen LogP contribution in [0.15, 0.2) is 29.8 Å². The second-order valence-corrected chi connectivity index (χ2v) is 11.9. The second kappa shape index (κ2) is 10.2. The van der Waals surface area contributed by atoms with E-state index in [-0.39, 0.29) is 25.4 Å². The highest BCUT2D eigenvalue weighted by Gasteiger charge is 2.53. The van der Waals surface area contributed by atoms with E-state index in [4.69, 9.17) is 0 Å². The van der Waals surface area contributed by atoms with E-state index in [9.17, 15) is 24.8 Å². The molecular weight excluding hydrogens is 490 g/mol. The van der Waals surface area contributed by atoms with Crippen LogP contribution in [0, 0.1) is 29.1 Å². The minimum absolute atomic E-state index is 0.00562. The van der Waals surface area contributed by atoms with Gasteiger partial charge in [-0.15, -0.1) is 11.3 Å². The molecule has 0 unspecified atom stereocenters. The van der Waals surface area contributed by atoms with Crippen molar-refractivity contribution in [3.8, 4) is 16.5 Å². The van der Waals surface area contributed by atoms with Crippen LogP contribution >= 0.6 is 11.3 Å². The number of β-amino-alcohol motifs (C(OH)–C–C–N with tert-alkyl or cyclic N) is 1. The number of hydrogen-bond acceptors (Lipinski definition) is 7. The summed E-state index contributed by atoms with van der Waals surface area (Å²) in [5.74, 6) is -1.25. The Hall–Kier alpha value is -3.29. The molecule has 3 amide bonds. The number of carbonyl (C=O) groups excluding carboxylic acids is 3. The average molecular weight is 524 g/mol. The Kier molecular flexibility index (Phi) is 7.40. The van der Waals surface area contributed by atoms with E-state index in [1.54, 1.807) is 11.3 Å². The normalized spacial score (nSPS) is 21.1. The van der Waals surface area contributed by atoms with Crippen molar-refractivity contribution in [3.63, 3.8) is 0 Å². The SMILES string of the molecule is Cc1ncsc1-c1ccc(CNC(=O)[C@@H]2C[C@@H](O)CN2C(=O)[C@@H](NC(=O)C2(C#N)CC2)C(C)(C)C)cc1. The summed E-state index contributed by atoms with van der Waals surface area (Å²) in [5.41, 5.74) is 3.02. The molecule has 3 atom stereocenters. The number of nitrogens with one attached hydrogen (secondary N) is 2. The topological polar surface area (TPSA) is 135 Å². The summed E-state index contributed by atoms with van der Waals surface area (Å²) in [7, 11) is 0. The molecule has 2 heterocycles. The third-order valence-corrected chi connectivity index (χ3v) is 8.06. The summed E-state index contributed by atoms with van der Waals surface area (Å²) >= 11 is 1.58. The molecule has 2 aliphatic rings. The van der Waals surface area contributed by atoms with Crippen LogP contribution in [0.5, 0.6) is 0 Å². The molecule has 0 bridgehead atoms. The number of benzene rings is 1. The lowest BCUT2D eigenvalue weighted by molar-refractivity contribution is -0.144. The van der Waals surface area contributed by atoms with Crippen LogP contribution in [0.4, 0.5) is 0 Å². The summed E-state index contributed by atoms with van der Waals surface area (Å²) in [5, 5.41) is 25.4. The van der Waals surface area contributed by atoms with Gasteiger partial charge in [0.05, 0.1) is 28.3 Å². The summed E-state index contributed by atoms with van der Waals surface area (Å²) in [6, 6.07) is 8.12. The van der Waals surface area contributed by atoms with Gasteiger partial charge in [-0.3, -0.25) is 14.4 Å². The fraction of sp³-hybridized carbons (Fsp3) is 0.519. The third-order valence-electron chi connectivity index (χ3n) is 7.08. The first-order chi connectivity index (χ1) is 17.4. The van der Waals surface area contributed by atoms with Gasteiger partial charge in [-0.05, 0) is 36.3 Å². The van der Waals surface area contributed by atoms with Gasteiger partial charge in [0.15, 0.2) is 0 Å². The van der Waals surface area contributed by atoms with Crippen LogP contribution in [-0.2, 0) is 20.9 Å². The van der Waals surface area contributed by atoms with E-state index in [0.717, 1.165) is 21.7 Å². The molecule has 1 aliphatic heterocycles. The van der Waals surface area contributed by atoms with Crippen LogP contribution in [0.2, 0.25) is 0 Å². The number of likely N-dealkylation sites (tertiary alicyclic amines) is 1. The van der Waals surface area contributed by atoms with Crippen molar-refractivity contribution in [3.05, 3.63) is 41.0 Å². The predicted molar refractivity (Wildman–Crippen MR) is 139 cm³/mol. The molecule has 3 N–H and O–H groups in total. The number of nitriles is 1. The molecule has 0 spiro atoms. The summed E-state index contributed by atoms with van der Waals surface area (Å²) < 4.78 is 0. The number of nitrogens with zero attached hydrogens (tertiary/aromatic N) is 3. The van der Waals surface area contributed by atoms with E-state index in [2.05, 4.69) is 21.7 Å². The quantitative estimate of drug-likeness (QED) is 0.510. The second-order valence-electron chi connectivity index (χ2n) is 11.0. The third kappa shape index (κ3) is 5.68. The van der Waals surface area contributed by atoms with Crippen LogP contribution in [-0.4, -0.2) is 57.4 Å². The van der Waals surface area contributed by atoms with E-state index >= 15 is 0 Å². The Balaban J connectivity index is 1.43. The van der Waals surface area contributed by atoms with E-state index in [1.165, 1.54) is 4.90 Å². The number of rotatable bonds is 7. The molecule has 1 aromatic carbocycles. The van der Waals surface area contributed by atoms with E-state index in [1.807, 2.05) is 57.5 Å². The van der Waals surface area contributed by atoms with Gasteiger partial charge in [-0.1, -0.05) is 45.0 Å². The zero-order chi connectivity index (χ0) is 27.0. The zero-order valence-corrected chi connectivity index (χ0v) is 22.4. The van der Waals surface area contributed by atoms with Crippen LogP contribution < -0.4 is 10.6 Å². The number of aromatic nitrogens is 1. The molecule has 2 aromatic rings. The number of hydrogen-bond donors (Lipinski definition) is 3. The molecule has 10 heteroatoms. The number of amides is 3. The Morgan fingerprint density at radius 1 is 1.27 bits per heavy atom. The van der Waals surface area contributed by atoms with Crippen molar-refractivity contribution in [2.75, 3.05) is 6.54 Å². The molecule has 1 aliphatic carbocycles. The lowest BCUT2D eigenvalue weighted by Gasteiger charge is -2.35. The first-order valence-electron chi connectivity index (χ1n) is 12.4. The van der Waals surface area contributed by atoms with Gasteiger partial charge in [0.25, 0.3) is 0 Å². The molecular formula is C27H33N5O4S. The van der Waals surface area contributed by atoms with E-state index in [0.29, 0.717) is 12.8 Å². The van der Waals surface area contributed by atoms with Crippen molar-refractivity contribution >= 4 is 29.1 Å². The van der Waals surface area contributed by atoms with Crippen LogP contribution in [0.25, 0.3) is 10.4 Å². The minimum Gasteiger partial charge on any atom is -0.391 e. The molecule has 0 radical (unpaired) electrons. The highest BCUT2D eigenvalue weighted by molar-refractivity contribution is 7.13. The smallest absolute Gasteiger partial charge is 0.246 e. The monoisotopic (exact) mass is 523 g/mol. The average Bonchev–Trinajstić information content (AvgIpc) is 3.40. The number of aliphatic hydroxyl groups excluding tert-OH is 1. The van der Waals surface area contributed by atoms with Gasteiger partial charge in [0, 0.05) is 19.5 Å². The lowest BCUT2D eigenvalue weighted by atomic mass is 9.85. The molecule has 9 nitrogen and oxygen atoms in total. The number of carbonyl (C=O) groups is 3. The minimum atomic E-state index is -1.07. The maximum absolute atomic E-state index is 13.6. The highest BCUT2D eigenvalue weighted by atomic mass is 32.1. The maximum Gasteiger partial charge on any atom is 0.246 e. The summed E-state index contributed by atoms with van der Waals surface area (Å²) in [4.78, 5) is 46.2. The van der Waals surface area contributed by atoms with Gasteiger partial charge >= 0.3 is 0 Å². The summed E-state index contributed by atoms with van der Waals surface area (Å²) in [6.45, 7) is 7.71. The van der Waals surface area contributed by atoms with Crippen molar-refractivity contribution in [2.24, 2.45) is 10.8 Å². The van der Waals surface area contributed by atoms with Crippen molar-refractivity contribution in [2.45, 2.75) is 71.7 Å². The predicted octanol–water partition coefficient (Wildman–Crippen LogP) is 2.53. The van der Waals surface area contributed by atoms with Gasteiger partial charge in [0.1, 0.15) is 17.5 Å². The first-order valence-corrected chi connectivity index (χ1v) is 13.3. The Bertz CT molecular complexity index is 1220. The summed E-state index contributed by atoms with van der Waals surface area (Å²) in [6.07, 6.45) is 0.220. The fourth-order valence-corrected chi connectivity index (χ4v) is 5.38. The van der Waals surface area contributed by atoms with Crippen molar-refractivity contribution in [1.82, 2.24) is 20.5 Å². The lowest BCUT2D eigenvalue weighted by Crippen LogP contribution is -2.58. The molecule has 37 heavy (non-hydrogen) atoms. The van der Waals surface area contributed by atoms with E-state index < -0.39 is 40.8 Å². The van der Waals surface area contributed by atoms with Gasteiger partial charge in [-0.2, -0.15) is 5.26 Å². The molecule has 1 saturated carbocycles. The van der Waals surface area contributed by atoms with Crippen LogP contribution in [0.3, 0.4) is 0 Å². The van der Waals surface area contributed by atoms with Gasteiger partial charge in [0.2, 0.25) is 17.7 Å². The molecule has 4 rings (SSSR count). The zero-order valence-electron chi connectivity index (χ0n) is 21.6. The highest BCUT2D eigenvalue weighted by Crippen LogP contribution is 2.45. The largest absolute Gasteiger partial charge is 0.391 e. The number of aliphatic hydroxyl groups is 1. The maximum atomic E-state index is 13.6. The number of thiazole rings is 1. The Labute approximate surface area is 220 Å². The molecule has 1 aromatic heterocycles. The van der Waals surface area contributed by atoms with Gasteiger partial charge in [-0.25, -0.2) is 4.98 Å². The van der Waals surface area contributed by atoms with Gasteiger partial charge < -0.3 is 20.6 Å². The molecule has 2 fully saturated rings. The van der Waals surface area contributed by atoms with Crippen molar-refractivity contribution < 1.29 is 19.5 Å². The molecule has 1 saturated heterocycles. The standard InChI is InChI=1S/C27H33N5O4S/c1-16-21(37-15-30-16)18-7-5-17(6-8-18)12-29-23(34)20-11-19(33)13-32(20)24(35)22(26(2,3)4)31-25(36)27(14-28)9-10-27/h5-8,15,19-20,22,33H,9-13H2,1-4H3,(H,29,34)(H,31,36)/t19-,20+,22-/m1/s1. The fourth-order valence-electron chi connectivity index (χ4n) is 4.56. The van der Waals surface area contributed by atoms with Crippen molar-refractivity contribution in [1.29, 1.82) is 5.26 Å². The van der Waals surface area contributed by atoms with Crippen LogP contribution in [0.1, 0.15) is 51.3 Å². The Morgan fingerprint density at radius 2 is 1.95 bits per heavy atom.